The number of carbonyl (C=O) groups excluding carboxylic acids is 2. The monoisotopic (exact) mass is 568 g/mol. The Morgan fingerprint density at radius 1 is 1.25 bits per heavy atom. The van der Waals surface area contributed by atoms with E-state index in [0.717, 1.165) is 29.7 Å². The number of aromatic nitrogens is 3. The molecule has 1 N–H and O–H groups in total. The van der Waals surface area contributed by atoms with Crippen molar-refractivity contribution in [1.82, 2.24) is 14.8 Å². The van der Waals surface area contributed by atoms with E-state index in [9.17, 15) is 9.59 Å². The lowest BCUT2D eigenvalue weighted by molar-refractivity contribution is -0.113. The highest BCUT2D eigenvalue weighted by atomic mass is 35.5. The first kappa shape index (κ1) is 26.8. The van der Waals surface area contributed by atoms with Crippen LogP contribution in [0.2, 0.25) is 10.0 Å². The minimum absolute atomic E-state index is 0.109. The number of nitrogens with zero attached hydrogens (tertiary/aromatic N) is 3. The van der Waals surface area contributed by atoms with Gasteiger partial charge in [-0.05, 0) is 57.7 Å². The Kier molecular flexibility index (Phi) is 8.82. The van der Waals surface area contributed by atoms with Gasteiger partial charge in [0.15, 0.2) is 17.1 Å². The summed E-state index contributed by atoms with van der Waals surface area (Å²) >= 11 is 15.0. The molecule has 0 fully saturated rings. The van der Waals surface area contributed by atoms with E-state index in [1.807, 2.05) is 18.4 Å². The number of amides is 1. The lowest BCUT2D eigenvalue weighted by Crippen LogP contribution is -2.17. The number of thiophene rings is 1. The smallest absolute Gasteiger partial charge is 0.341 e. The molecular weight excluding hydrogens is 543 g/mol. The summed E-state index contributed by atoms with van der Waals surface area (Å²) in [5, 5.41) is 13.6. The molecule has 1 aromatic carbocycles. The van der Waals surface area contributed by atoms with Crippen molar-refractivity contribution >= 4 is 63.2 Å². The molecule has 0 spiro atoms. The molecular formula is C24H26Cl2N4O4S2. The zero-order valence-electron chi connectivity index (χ0n) is 20.1. The minimum Gasteiger partial charge on any atom is -0.481 e. The van der Waals surface area contributed by atoms with E-state index in [2.05, 4.69) is 15.5 Å². The third-order valence-corrected chi connectivity index (χ3v) is 8.33. The van der Waals surface area contributed by atoms with Gasteiger partial charge in [-0.2, -0.15) is 0 Å². The Hall–Kier alpha value is -2.27. The summed E-state index contributed by atoms with van der Waals surface area (Å²) < 4.78 is 13.1. The van der Waals surface area contributed by atoms with Gasteiger partial charge in [0.2, 0.25) is 5.91 Å². The molecule has 3 aromatic rings. The standard InChI is InChI=1S/C24H26Cl2N4O4S2/c1-4-30-21(13(3)34-17-11-14(25)9-10-16(17)26)28-29-24(30)35-12-19(31)27-22-20(23(32)33-5-2)15-7-6-8-18(15)36-22/h9-11,13H,4-8,12H2,1-3H3,(H,27,31). The Morgan fingerprint density at radius 2 is 2.06 bits per heavy atom. The maximum atomic E-state index is 12.8. The summed E-state index contributed by atoms with van der Waals surface area (Å²) in [6, 6.07) is 5.01. The van der Waals surface area contributed by atoms with Crippen LogP contribution < -0.4 is 10.1 Å². The predicted molar refractivity (Wildman–Crippen MR) is 143 cm³/mol. The molecule has 12 heteroatoms. The first-order chi connectivity index (χ1) is 17.3. The summed E-state index contributed by atoms with van der Waals surface area (Å²) in [6.45, 7) is 6.46. The number of rotatable bonds is 10. The molecule has 0 aliphatic heterocycles. The van der Waals surface area contributed by atoms with Crippen molar-refractivity contribution in [1.29, 1.82) is 0 Å². The third kappa shape index (κ3) is 5.82. The van der Waals surface area contributed by atoms with Gasteiger partial charge < -0.3 is 19.4 Å². The lowest BCUT2D eigenvalue weighted by atomic mass is 10.1. The second-order valence-corrected chi connectivity index (χ2v) is 10.9. The summed E-state index contributed by atoms with van der Waals surface area (Å²) in [4.78, 5) is 26.5. The molecule has 0 bridgehead atoms. The molecule has 1 amide bonds. The van der Waals surface area contributed by atoms with Crippen LogP contribution in [0.15, 0.2) is 23.4 Å². The number of anilines is 1. The lowest BCUT2D eigenvalue weighted by Gasteiger charge is -2.16. The van der Waals surface area contributed by atoms with Crippen LogP contribution in [-0.2, 0) is 28.9 Å². The maximum absolute atomic E-state index is 12.8. The van der Waals surface area contributed by atoms with Crippen molar-refractivity contribution in [3.63, 3.8) is 0 Å². The topological polar surface area (TPSA) is 95.3 Å². The molecule has 2 heterocycles. The van der Waals surface area contributed by atoms with Crippen molar-refractivity contribution in [3.05, 3.63) is 50.1 Å². The van der Waals surface area contributed by atoms with Crippen LogP contribution in [0.1, 0.15) is 59.9 Å². The number of hydrogen-bond acceptors (Lipinski definition) is 8. The van der Waals surface area contributed by atoms with Crippen LogP contribution in [0.4, 0.5) is 5.00 Å². The quantitative estimate of drug-likeness (QED) is 0.229. The Labute approximate surface area is 227 Å². The molecule has 4 rings (SSSR count). The summed E-state index contributed by atoms with van der Waals surface area (Å²) in [6.07, 6.45) is 2.31. The molecule has 36 heavy (non-hydrogen) atoms. The highest BCUT2D eigenvalue weighted by Crippen LogP contribution is 2.39. The van der Waals surface area contributed by atoms with Crippen LogP contribution in [0, 0.1) is 0 Å². The second kappa shape index (κ2) is 11.9. The molecule has 0 saturated carbocycles. The average molecular weight is 570 g/mol. The summed E-state index contributed by atoms with van der Waals surface area (Å²) in [7, 11) is 0. The number of fused-ring (bicyclic) bond motifs is 1. The first-order valence-electron chi connectivity index (χ1n) is 11.6. The maximum Gasteiger partial charge on any atom is 0.341 e. The average Bonchev–Trinajstić information content (AvgIpc) is 3.54. The van der Waals surface area contributed by atoms with Gasteiger partial charge in [-0.15, -0.1) is 21.5 Å². The fourth-order valence-corrected chi connectivity index (χ4v) is 6.45. The molecule has 1 atom stereocenters. The van der Waals surface area contributed by atoms with E-state index in [-0.39, 0.29) is 24.2 Å². The molecule has 1 aliphatic rings. The first-order valence-corrected chi connectivity index (χ1v) is 14.2. The SMILES string of the molecule is CCOC(=O)c1c(NC(=O)CSc2nnc(C(C)Oc3cc(Cl)ccc3Cl)n2CC)sc2c1CCC2. The van der Waals surface area contributed by atoms with Gasteiger partial charge in [0, 0.05) is 22.5 Å². The van der Waals surface area contributed by atoms with E-state index in [1.54, 1.807) is 25.1 Å². The second-order valence-electron chi connectivity index (χ2n) is 8.04. The molecule has 0 saturated heterocycles. The van der Waals surface area contributed by atoms with Crippen molar-refractivity contribution < 1.29 is 19.1 Å². The molecule has 1 aliphatic carbocycles. The van der Waals surface area contributed by atoms with E-state index < -0.39 is 6.10 Å². The number of ether oxygens (including phenoxy) is 2. The molecule has 0 radical (unpaired) electrons. The highest BCUT2D eigenvalue weighted by Gasteiger charge is 2.28. The van der Waals surface area contributed by atoms with Gasteiger partial charge in [0.1, 0.15) is 10.8 Å². The fourth-order valence-electron chi connectivity index (χ4n) is 4.02. The van der Waals surface area contributed by atoms with Gasteiger partial charge in [0.25, 0.3) is 0 Å². The highest BCUT2D eigenvalue weighted by molar-refractivity contribution is 7.99. The summed E-state index contributed by atoms with van der Waals surface area (Å²) in [5.41, 5.74) is 1.50. The Morgan fingerprint density at radius 3 is 2.81 bits per heavy atom. The van der Waals surface area contributed by atoms with Gasteiger partial charge in [-0.3, -0.25) is 4.79 Å². The Balaban J connectivity index is 1.43. The van der Waals surface area contributed by atoms with Gasteiger partial charge in [-0.25, -0.2) is 4.79 Å². The molecule has 2 aromatic heterocycles. The molecule has 8 nitrogen and oxygen atoms in total. The third-order valence-electron chi connectivity index (χ3n) is 5.61. The molecule has 1 unspecified atom stereocenters. The minimum atomic E-state index is -0.447. The van der Waals surface area contributed by atoms with Gasteiger partial charge in [0.05, 0.1) is 22.9 Å². The number of aryl methyl sites for hydroxylation is 1. The van der Waals surface area contributed by atoms with Crippen molar-refractivity contribution in [3.8, 4) is 5.75 Å². The normalized spacial score (nSPS) is 13.4. The zero-order valence-corrected chi connectivity index (χ0v) is 23.2. The number of halogens is 2. The number of hydrogen-bond donors (Lipinski definition) is 1. The van der Waals surface area contributed by atoms with Crippen LogP contribution >= 0.6 is 46.3 Å². The largest absolute Gasteiger partial charge is 0.481 e. The number of carbonyl (C=O) groups is 2. The van der Waals surface area contributed by atoms with Crippen LogP contribution in [0.3, 0.4) is 0 Å². The van der Waals surface area contributed by atoms with Crippen LogP contribution in [-0.4, -0.2) is 39.0 Å². The van der Waals surface area contributed by atoms with Crippen LogP contribution in [0.25, 0.3) is 0 Å². The van der Waals surface area contributed by atoms with Crippen molar-refractivity contribution in [2.75, 3.05) is 17.7 Å². The van der Waals surface area contributed by atoms with E-state index in [0.29, 0.717) is 43.9 Å². The van der Waals surface area contributed by atoms with Crippen molar-refractivity contribution in [2.24, 2.45) is 0 Å². The van der Waals surface area contributed by atoms with Crippen LogP contribution in [0.5, 0.6) is 5.75 Å². The zero-order chi connectivity index (χ0) is 25.8. The van der Waals surface area contributed by atoms with E-state index in [4.69, 9.17) is 32.7 Å². The molecule has 192 valence electrons. The van der Waals surface area contributed by atoms with Crippen molar-refractivity contribution in [2.45, 2.75) is 57.8 Å². The number of nitrogens with one attached hydrogen (secondary N) is 1. The van der Waals surface area contributed by atoms with Gasteiger partial charge in [-0.1, -0.05) is 35.0 Å². The predicted octanol–water partition coefficient (Wildman–Crippen LogP) is 6.20. The number of esters is 1. The Bertz CT molecular complexity index is 1280. The number of thioether (sulfide) groups is 1. The van der Waals surface area contributed by atoms with Gasteiger partial charge >= 0.3 is 5.97 Å². The summed E-state index contributed by atoms with van der Waals surface area (Å²) in [5.74, 6) is 0.557. The number of benzene rings is 1. The fraction of sp³-hybridized carbons (Fsp3) is 0.417. The van der Waals surface area contributed by atoms with E-state index >= 15 is 0 Å². The van der Waals surface area contributed by atoms with E-state index in [1.165, 1.54) is 23.1 Å².